The molecule has 158 valence electrons. The summed E-state index contributed by atoms with van der Waals surface area (Å²) in [6.07, 6.45) is 0.798. The fourth-order valence-electron chi connectivity index (χ4n) is 2.43. The van der Waals surface area contributed by atoms with E-state index in [0.717, 1.165) is 11.1 Å². The van der Waals surface area contributed by atoms with Gasteiger partial charge in [-0.15, -0.1) is 0 Å². The molecule has 30 heavy (non-hydrogen) atoms. The third-order valence-corrected chi connectivity index (χ3v) is 3.86. The topological polar surface area (TPSA) is 97.5 Å². The van der Waals surface area contributed by atoms with E-state index in [4.69, 9.17) is 9.47 Å². The maximum Gasteiger partial charge on any atom is 0.408 e. The number of H-pyrrole nitrogens is 1. The van der Waals surface area contributed by atoms with Crippen LogP contribution in [-0.4, -0.2) is 28.7 Å². The van der Waals surface area contributed by atoms with E-state index < -0.39 is 23.7 Å². The zero-order chi connectivity index (χ0) is 22.1. The van der Waals surface area contributed by atoms with Crippen molar-refractivity contribution in [2.24, 2.45) is 0 Å². The quantitative estimate of drug-likeness (QED) is 0.583. The predicted molar refractivity (Wildman–Crippen MR) is 113 cm³/mol. The fourth-order valence-corrected chi connectivity index (χ4v) is 2.43. The molecule has 0 bridgehead atoms. The van der Waals surface area contributed by atoms with Crippen LogP contribution in [-0.2, 0) is 20.9 Å². The number of rotatable bonds is 5. The van der Waals surface area contributed by atoms with E-state index in [1.807, 2.05) is 30.3 Å². The van der Waals surface area contributed by atoms with Gasteiger partial charge in [-0.25, -0.2) is 9.59 Å². The van der Waals surface area contributed by atoms with Crippen LogP contribution in [0.4, 0.5) is 4.79 Å². The van der Waals surface area contributed by atoms with Crippen molar-refractivity contribution in [2.45, 2.75) is 52.4 Å². The van der Waals surface area contributed by atoms with E-state index in [1.165, 1.54) is 12.3 Å². The number of carbonyl (C=O) groups is 2. The van der Waals surface area contributed by atoms with Crippen molar-refractivity contribution in [1.82, 2.24) is 10.3 Å². The Morgan fingerprint density at radius 1 is 1.20 bits per heavy atom. The molecule has 2 aromatic rings. The summed E-state index contributed by atoms with van der Waals surface area (Å²) in [6.45, 7) is 7.04. The lowest BCUT2D eigenvalue weighted by atomic mass is 10.1. The second kappa shape index (κ2) is 10.3. The lowest BCUT2D eigenvalue weighted by molar-refractivity contribution is -0.147. The Hall–Kier alpha value is -3.53. The molecule has 1 atom stereocenters. The number of carbonyl (C=O) groups excluding carboxylic acids is 2. The number of benzene rings is 1. The molecule has 7 nitrogen and oxygen atoms in total. The molecule has 0 saturated heterocycles. The van der Waals surface area contributed by atoms with E-state index in [1.54, 1.807) is 27.7 Å². The maximum atomic E-state index is 12.6. The average Bonchev–Trinajstić information content (AvgIpc) is 2.66. The van der Waals surface area contributed by atoms with Gasteiger partial charge in [0, 0.05) is 24.2 Å². The van der Waals surface area contributed by atoms with Crippen molar-refractivity contribution >= 4 is 12.1 Å². The largest absolute Gasteiger partial charge is 0.459 e. The van der Waals surface area contributed by atoms with Crippen LogP contribution in [0.15, 0.2) is 47.4 Å². The van der Waals surface area contributed by atoms with Crippen LogP contribution in [0.1, 0.15) is 43.9 Å². The van der Waals surface area contributed by atoms with Gasteiger partial charge in [-0.3, -0.25) is 4.79 Å². The molecule has 1 heterocycles. The molecule has 0 spiro atoms. The summed E-state index contributed by atoms with van der Waals surface area (Å²) in [5.41, 5.74) is 1.25. The molecule has 0 radical (unpaired) electrons. The third kappa shape index (κ3) is 7.84. The summed E-state index contributed by atoms with van der Waals surface area (Å²) in [6, 6.07) is 9.67. The number of aromatic nitrogens is 1. The first-order chi connectivity index (χ1) is 14.1. The smallest absolute Gasteiger partial charge is 0.408 e. The van der Waals surface area contributed by atoms with E-state index in [-0.39, 0.29) is 18.6 Å². The van der Waals surface area contributed by atoms with Crippen LogP contribution in [0.5, 0.6) is 0 Å². The van der Waals surface area contributed by atoms with Gasteiger partial charge in [0.2, 0.25) is 5.56 Å². The molecule has 0 fully saturated rings. The van der Waals surface area contributed by atoms with Crippen LogP contribution in [0.3, 0.4) is 0 Å². The van der Waals surface area contributed by atoms with Gasteiger partial charge in [0.05, 0.1) is 0 Å². The number of ether oxygens (including phenoxy) is 2. The lowest BCUT2D eigenvalue weighted by Gasteiger charge is -2.22. The van der Waals surface area contributed by atoms with Gasteiger partial charge < -0.3 is 19.8 Å². The van der Waals surface area contributed by atoms with Gasteiger partial charge in [-0.1, -0.05) is 42.2 Å². The summed E-state index contributed by atoms with van der Waals surface area (Å²) < 4.78 is 10.6. The van der Waals surface area contributed by atoms with Crippen LogP contribution < -0.4 is 10.9 Å². The highest BCUT2D eigenvalue weighted by Gasteiger charge is 2.25. The summed E-state index contributed by atoms with van der Waals surface area (Å²) in [7, 11) is 0. The maximum absolute atomic E-state index is 12.6. The van der Waals surface area contributed by atoms with Crippen molar-refractivity contribution in [1.29, 1.82) is 0 Å². The minimum atomic E-state index is -1.00. The normalized spacial score (nSPS) is 11.6. The SMILES string of the molecule is Cc1cc(=O)[nH]cc1C#CCC(NC(=O)OC(C)(C)C)C(=O)OCc1ccccc1. The number of hydrogen-bond donors (Lipinski definition) is 2. The number of nitrogens with one attached hydrogen (secondary N) is 2. The van der Waals surface area contributed by atoms with E-state index in [2.05, 4.69) is 22.1 Å². The van der Waals surface area contributed by atoms with Crippen LogP contribution in [0.2, 0.25) is 0 Å². The Kier molecular flexibility index (Phi) is 7.82. The predicted octanol–water partition coefficient (Wildman–Crippen LogP) is 3.06. The van der Waals surface area contributed by atoms with Gasteiger partial charge in [-0.2, -0.15) is 0 Å². The third-order valence-electron chi connectivity index (χ3n) is 3.86. The van der Waals surface area contributed by atoms with Gasteiger partial charge >= 0.3 is 12.1 Å². The average molecular weight is 410 g/mol. The highest BCUT2D eigenvalue weighted by atomic mass is 16.6. The first kappa shape index (κ1) is 22.8. The molecule has 2 rings (SSSR count). The first-order valence-electron chi connectivity index (χ1n) is 9.52. The van der Waals surface area contributed by atoms with E-state index in [0.29, 0.717) is 5.56 Å². The molecule has 7 heteroatoms. The van der Waals surface area contributed by atoms with E-state index >= 15 is 0 Å². The first-order valence-corrected chi connectivity index (χ1v) is 9.52. The highest BCUT2D eigenvalue weighted by molar-refractivity contribution is 5.81. The number of hydrogen-bond acceptors (Lipinski definition) is 5. The molecule has 0 aliphatic carbocycles. The molecule has 1 amide bonds. The van der Waals surface area contributed by atoms with Gasteiger partial charge in [-0.05, 0) is 38.8 Å². The summed E-state index contributed by atoms with van der Waals surface area (Å²) in [5.74, 6) is 5.15. The molecule has 2 N–H and O–H groups in total. The van der Waals surface area contributed by atoms with Crippen molar-refractivity contribution < 1.29 is 19.1 Å². The zero-order valence-corrected chi connectivity index (χ0v) is 17.6. The number of aryl methyl sites for hydroxylation is 1. The van der Waals surface area contributed by atoms with Crippen LogP contribution >= 0.6 is 0 Å². The standard InChI is InChI=1S/C23H26N2O5/c1-16-13-20(26)24-14-18(16)11-8-12-19(25-22(28)30-23(2,3)4)21(27)29-15-17-9-6-5-7-10-17/h5-7,9-10,13-14,19H,12,15H2,1-4H3,(H,24,26)(H,25,28). The molecule has 0 aliphatic rings. The van der Waals surface area contributed by atoms with Gasteiger partial charge in [0.25, 0.3) is 0 Å². The lowest BCUT2D eigenvalue weighted by Crippen LogP contribution is -2.44. The molecular formula is C23H26N2O5. The fraction of sp³-hybridized carbons (Fsp3) is 0.348. The summed E-state index contributed by atoms with van der Waals surface area (Å²) >= 11 is 0. The number of pyridine rings is 1. The second-order valence-corrected chi connectivity index (χ2v) is 7.69. The number of aromatic amines is 1. The van der Waals surface area contributed by atoms with Crippen molar-refractivity contribution in [3.05, 3.63) is 69.6 Å². The van der Waals surface area contributed by atoms with Crippen molar-refractivity contribution in [2.75, 3.05) is 0 Å². The van der Waals surface area contributed by atoms with Crippen molar-refractivity contribution in [3.8, 4) is 11.8 Å². The van der Waals surface area contributed by atoms with Crippen LogP contribution in [0.25, 0.3) is 0 Å². The Morgan fingerprint density at radius 3 is 2.53 bits per heavy atom. The number of amides is 1. The van der Waals surface area contributed by atoms with Gasteiger partial charge in [0.15, 0.2) is 0 Å². The minimum Gasteiger partial charge on any atom is -0.459 e. The molecule has 1 unspecified atom stereocenters. The Bertz CT molecular complexity index is 994. The number of alkyl carbamates (subject to hydrolysis) is 1. The van der Waals surface area contributed by atoms with Crippen molar-refractivity contribution in [3.63, 3.8) is 0 Å². The number of esters is 1. The minimum absolute atomic E-state index is 0.0193. The molecular weight excluding hydrogens is 384 g/mol. The van der Waals surface area contributed by atoms with E-state index in [9.17, 15) is 14.4 Å². The highest BCUT2D eigenvalue weighted by Crippen LogP contribution is 2.09. The Labute approximate surface area is 175 Å². The summed E-state index contributed by atoms with van der Waals surface area (Å²) in [4.78, 5) is 38.6. The van der Waals surface area contributed by atoms with Crippen LogP contribution in [0, 0.1) is 18.8 Å². The molecule has 0 aliphatic heterocycles. The van der Waals surface area contributed by atoms with Gasteiger partial charge in [0.1, 0.15) is 18.2 Å². The summed E-state index contributed by atoms with van der Waals surface area (Å²) in [5, 5.41) is 2.52. The molecule has 1 aromatic carbocycles. The monoisotopic (exact) mass is 410 g/mol. The Morgan fingerprint density at radius 2 is 1.90 bits per heavy atom. The Balaban J connectivity index is 2.09. The second-order valence-electron chi connectivity index (χ2n) is 7.69. The molecule has 1 aromatic heterocycles. The zero-order valence-electron chi connectivity index (χ0n) is 17.6. The molecule has 0 saturated carbocycles.